The molecule has 1 aromatic rings. The lowest BCUT2D eigenvalue weighted by Crippen LogP contribution is -2.30. The Morgan fingerprint density at radius 2 is 1.95 bits per heavy atom. The van der Waals surface area contributed by atoms with Crippen LogP contribution in [0.25, 0.3) is 0 Å². The van der Waals surface area contributed by atoms with Crippen molar-refractivity contribution >= 4 is 5.69 Å². The maximum Gasteiger partial charge on any atom is 0.119 e. The van der Waals surface area contributed by atoms with Crippen LogP contribution in [0.2, 0.25) is 0 Å². The first-order valence-corrected chi connectivity index (χ1v) is 7.48. The van der Waals surface area contributed by atoms with E-state index in [-0.39, 0.29) is 0 Å². The van der Waals surface area contributed by atoms with Crippen LogP contribution in [-0.2, 0) is 4.74 Å². The fraction of sp³-hybridized carbons (Fsp3) is 0.625. The SMILES string of the molecule is CN(CCCOc1ccc(N)cc1)CC1CCOCC1. The Balaban J connectivity index is 1.56. The first-order valence-electron chi connectivity index (χ1n) is 7.48. The maximum absolute atomic E-state index is 5.70. The zero-order chi connectivity index (χ0) is 14.2. The van der Waals surface area contributed by atoms with E-state index in [2.05, 4.69) is 11.9 Å². The summed E-state index contributed by atoms with van der Waals surface area (Å²) in [5.74, 6) is 1.69. The molecular weight excluding hydrogens is 252 g/mol. The average Bonchev–Trinajstić information content (AvgIpc) is 2.46. The molecule has 0 saturated carbocycles. The number of hydrogen-bond acceptors (Lipinski definition) is 4. The van der Waals surface area contributed by atoms with Crippen LogP contribution in [0, 0.1) is 5.92 Å². The van der Waals surface area contributed by atoms with Gasteiger partial charge in [0.05, 0.1) is 6.61 Å². The summed E-state index contributed by atoms with van der Waals surface area (Å²) in [4.78, 5) is 2.41. The van der Waals surface area contributed by atoms with Crippen LogP contribution < -0.4 is 10.5 Å². The molecule has 0 unspecified atom stereocenters. The van der Waals surface area contributed by atoms with E-state index in [1.54, 1.807) is 0 Å². The second-order valence-corrected chi connectivity index (χ2v) is 5.59. The molecular formula is C16H26N2O2. The molecule has 4 heteroatoms. The lowest BCUT2D eigenvalue weighted by molar-refractivity contribution is 0.0552. The van der Waals surface area contributed by atoms with Crippen molar-refractivity contribution in [3.8, 4) is 5.75 Å². The summed E-state index contributed by atoms with van der Waals surface area (Å²) in [5, 5.41) is 0. The largest absolute Gasteiger partial charge is 0.494 e. The van der Waals surface area contributed by atoms with Gasteiger partial charge in [-0.3, -0.25) is 0 Å². The van der Waals surface area contributed by atoms with Gasteiger partial charge in [-0.1, -0.05) is 0 Å². The summed E-state index contributed by atoms with van der Waals surface area (Å²) >= 11 is 0. The van der Waals surface area contributed by atoms with Crippen LogP contribution in [0.4, 0.5) is 5.69 Å². The van der Waals surface area contributed by atoms with Gasteiger partial charge in [0.25, 0.3) is 0 Å². The smallest absolute Gasteiger partial charge is 0.119 e. The predicted octanol–water partition coefficient (Wildman–Crippen LogP) is 2.40. The molecule has 1 heterocycles. The van der Waals surface area contributed by atoms with Gasteiger partial charge < -0.3 is 20.1 Å². The molecule has 0 aliphatic carbocycles. The third kappa shape index (κ3) is 5.39. The average molecular weight is 278 g/mol. The number of ether oxygens (including phenoxy) is 2. The highest BCUT2D eigenvalue weighted by Gasteiger charge is 2.15. The highest BCUT2D eigenvalue weighted by atomic mass is 16.5. The van der Waals surface area contributed by atoms with Crippen molar-refractivity contribution in [1.29, 1.82) is 0 Å². The summed E-state index contributed by atoms with van der Waals surface area (Å²) in [6.07, 6.45) is 3.45. The molecule has 112 valence electrons. The molecule has 2 rings (SSSR count). The van der Waals surface area contributed by atoms with Crippen LogP contribution in [0.5, 0.6) is 5.75 Å². The van der Waals surface area contributed by atoms with E-state index in [9.17, 15) is 0 Å². The molecule has 1 saturated heterocycles. The standard InChI is InChI=1S/C16H26N2O2/c1-18(13-14-7-11-19-12-8-14)9-2-10-20-16-5-3-15(17)4-6-16/h3-6,14H,2,7-13,17H2,1H3. The molecule has 2 N–H and O–H groups in total. The Bertz CT molecular complexity index is 375. The van der Waals surface area contributed by atoms with Crippen molar-refractivity contribution in [3.63, 3.8) is 0 Å². The predicted molar refractivity (Wildman–Crippen MR) is 82.0 cm³/mol. The summed E-state index contributed by atoms with van der Waals surface area (Å²) in [7, 11) is 2.19. The highest BCUT2D eigenvalue weighted by Crippen LogP contribution is 2.16. The molecule has 4 nitrogen and oxygen atoms in total. The van der Waals surface area contributed by atoms with Crippen molar-refractivity contribution in [2.45, 2.75) is 19.3 Å². The van der Waals surface area contributed by atoms with E-state index in [4.69, 9.17) is 15.2 Å². The number of nitrogens with two attached hydrogens (primary N) is 1. The summed E-state index contributed by atoms with van der Waals surface area (Å²) in [6, 6.07) is 7.57. The molecule has 1 aliphatic heterocycles. The zero-order valence-electron chi connectivity index (χ0n) is 12.4. The minimum Gasteiger partial charge on any atom is -0.494 e. The zero-order valence-corrected chi connectivity index (χ0v) is 12.4. The molecule has 0 spiro atoms. The number of benzene rings is 1. The van der Waals surface area contributed by atoms with Gasteiger partial charge in [0, 0.05) is 32.0 Å². The Morgan fingerprint density at radius 3 is 2.65 bits per heavy atom. The molecule has 0 bridgehead atoms. The number of nitrogens with zero attached hydrogens (tertiary/aromatic N) is 1. The lowest BCUT2D eigenvalue weighted by atomic mass is 10.00. The van der Waals surface area contributed by atoms with Gasteiger partial charge in [-0.15, -0.1) is 0 Å². The second-order valence-electron chi connectivity index (χ2n) is 5.59. The molecule has 0 amide bonds. The van der Waals surface area contributed by atoms with Crippen molar-refractivity contribution in [1.82, 2.24) is 4.90 Å². The normalized spacial score (nSPS) is 16.5. The van der Waals surface area contributed by atoms with E-state index in [0.717, 1.165) is 50.1 Å². The number of anilines is 1. The topological polar surface area (TPSA) is 47.7 Å². The highest BCUT2D eigenvalue weighted by molar-refractivity contribution is 5.41. The Hall–Kier alpha value is -1.26. The van der Waals surface area contributed by atoms with Crippen molar-refractivity contribution in [2.24, 2.45) is 5.92 Å². The Labute approximate surface area is 121 Å². The van der Waals surface area contributed by atoms with Gasteiger partial charge in [0.1, 0.15) is 5.75 Å². The van der Waals surface area contributed by atoms with Crippen molar-refractivity contribution in [3.05, 3.63) is 24.3 Å². The van der Waals surface area contributed by atoms with Crippen LogP contribution in [-0.4, -0.2) is 44.9 Å². The second kappa shape index (κ2) is 8.12. The van der Waals surface area contributed by atoms with E-state index < -0.39 is 0 Å². The van der Waals surface area contributed by atoms with Gasteiger partial charge in [-0.2, -0.15) is 0 Å². The first-order chi connectivity index (χ1) is 9.74. The van der Waals surface area contributed by atoms with E-state index >= 15 is 0 Å². The molecule has 0 atom stereocenters. The third-order valence-corrected chi connectivity index (χ3v) is 3.74. The van der Waals surface area contributed by atoms with Gasteiger partial charge in [0.15, 0.2) is 0 Å². The van der Waals surface area contributed by atoms with Crippen LogP contribution >= 0.6 is 0 Å². The van der Waals surface area contributed by atoms with Crippen molar-refractivity contribution < 1.29 is 9.47 Å². The fourth-order valence-corrected chi connectivity index (χ4v) is 2.55. The summed E-state index contributed by atoms with van der Waals surface area (Å²) in [5.41, 5.74) is 6.41. The van der Waals surface area contributed by atoms with Crippen LogP contribution in [0.3, 0.4) is 0 Å². The molecule has 1 aliphatic rings. The molecule has 0 aromatic heterocycles. The van der Waals surface area contributed by atoms with Crippen LogP contribution in [0.1, 0.15) is 19.3 Å². The summed E-state index contributed by atoms with van der Waals surface area (Å²) in [6.45, 7) is 4.86. The molecule has 1 fully saturated rings. The van der Waals surface area contributed by atoms with E-state index in [1.165, 1.54) is 19.4 Å². The molecule has 1 aromatic carbocycles. The first kappa shape index (κ1) is 15.1. The quantitative estimate of drug-likeness (QED) is 0.614. The van der Waals surface area contributed by atoms with E-state index in [1.807, 2.05) is 24.3 Å². The third-order valence-electron chi connectivity index (χ3n) is 3.74. The fourth-order valence-electron chi connectivity index (χ4n) is 2.55. The number of nitrogen functional groups attached to an aromatic ring is 1. The van der Waals surface area contributed by atoms with Gasteiger partial charge >= 0.3 is 0 Å². The summed E-state index contributed by atoms with van der Waals surface area (Å²) < 4.78 is 11.1. The molecule has 20 heavy (non-hydrogen) atoms. The lowest BCUT2D eigenvalue weighted by Gasteiger charge is -2.27. The number of rotatable bonds is 7. The Morgan fingerprint density at radius 1 is 1.25 bits per heavy atom. The minimum absolute atomic E-state index is 0.752. The minimum atomic E-state index is 0.752. The maximum atomic E-state index is 5.70. The van der Waals surface area contributed by atoms with Gasteiger partial charge in [-0.25, -0.2) is 0 Å². The monoisotopic (exact) mass is 278 g/mol. The van der Waals surface area contributed by atoms with Crippen molar-refractivity contribution in [2.75, 3.05) is 45.7 Å². The Kier molecular flexibility index (Phi) is 6.15. The van der Waals surface area contributed by atoms with E-state index in [0.29, 0.717) is 0 Å². The number of hydrogen-bond donors (Lipinski definition) is 1. The van der Waals surface area contributed by atoms with Gasteiger partial charge in [-0.05, 0) is 56.5 Å². The molecule has 0 radical (unpaired) electrons. The van der Waals surface area contributed by atoms with Gasteiger partial charge in [0.2, 0.25) is 0 Å². The van der Waals surface area contributed by atoms with Crippen LogP contribution in [0.15, 0.2) is 24.3 Å².